The molecule has 0 bridgehead atoms. The van der Waals surface area contributed by atoms with E-state index in [-0.39, 0.29) is 28.9 Å². The van der Waals surface area contributed by atoms with Crippen LogP contribution >= 0.6 is 0 Å². The zero-order chi connectivity index (χ0) is 23.8. The zero-order valence-electron chi connectivity index (χ0n) is 19.2. The van der Waals surface area contributed by atoms with E-state index in [0.717, 1.165) is 37.3 Å². The van der Waals surface area contributed by atoms with Gasteiger partial charge in [0.1, 0.15) is 11.6 Å². The van der Waals surface area contributed by atoms with E-state index < -0.39 is 15.7 Å². The van der Waals surface area contributed by atoms with Gasteiger partial charge in [0.25, 0.3) is 0 Å². The predicted molar refractivity (Wildman–Crippen MR) is 121 cm³/mol. The third-order valence-electron chi connectivity index (χ3n) is 6.26. The molecule has 1 amide bonds. The van der Waals surface area contributed by atoms with Crippen molar-refractivity contribution in [3.05, 3.63) is 41.9 Å². The Hall–Kier alpha value is -2.62. The number of anilines is 1. The molecule has 0 unspecified atom stereocenters. The van der Waals surface area contributed by atoms with E-state index in [2.05, 4.69) is 4.98 Å². The maximum absolute atomic E-state index is 14.6. The topological polar surface area (TPSA) is 93.0 Å². The van der Waals surface area contributed by atoms with Gasteiger partial charge in [-0.2, -0.15) is 0 Å². The van der Waals surface area contributed by atoms with Crippen molar-refractivity contribution in [3.8, 4) is 0 Å². The third-order valence-corrected chi connectivity index (χ3v) is 7.37. The van der Waals surface area contributed by atoms with Gasteiger partial charge >= 0.3 is 6.09 Å². The average Bonchev–Trinajstić information content (AvgIpc) is 3.42. The lowest BCUT2D eigenvalue weighted by Gasteiger charge is -2.30. The number of hydrogen-bond donors (Lipinski definition) is 0. The predicted octanol–water partition coefficient (Wildman–Crippen LogP) is 3.94. The molecule has 0 saturated carbocycles. The van der Waals surface area contributed by atoms with Gasteiger partial charge in [-0.1, -0.05) is 0 Å². The minimum atomic E-state index is -3.45. The fourth-order valence-electron chi connectivity index (χ4n) is 4.46. The molecule has 8 nitrogen and oxygen atoms in total. The average molecular weight is 480 g/mol. The number of hydrogen-bond acceptors (Lipinski definition) is 7. The fraction of sp³-hybridized carbons (Fsp3) is 0.565. The summed E-state index contributed by atoms with van der Waals surface area (Å²) < 4.78 is 49.3. The van der Waals surface area contributed by atoms with Crippen LogP contribution in [0.2, 0.25) is 0 Å². The Morgan fingerprint density at radius 1 is 1.18 bits per heavy atom. The van der Waals surface area contributed by atoms with Gasteiger partial charge in [-0.25, -0.2) is 22.6 Å². The molecule has 33 heavy (non-hydrogen) atoms. The summed E-state index contributed by atoms with van der Waals surface area (Å²) in [5.41, 5.74) is 0.386. The number of carbonyl (C=O) groups excluding carboxylic acids is 1. The second kappa shape index (κ2) is 9.32. The van der Waals surface area contributed by atoms with E-state index in [1.54, 1.807) is 11.1 Å². The van der Waals surface area contributed by atoms with Crippen LogP contribution in [-0.4, -0.2) is 62.9 Å². The van der Waals surface area contributed by atoms with Crippen molar-refractivity contribution >= 4 is 21.6 Å². The standard InChI is InChI=1S/C23H30FN3O5S/c1-15(2)31-23(28)26-9-6-16(7-10-26)21-13-25-22(32-21)17-8-11-27(14-17)20-5-4-18(12-19(20)24)33(3,29)30/h4-5,12-13,15-17H,6-11,14H2,1-3H3/t17-/m0/s1. The number of amides is 1. The van der Waals surface area contributed by atoms with Crippen molar-refractivity contribution in [1.29, 1.82) is 0 Å². The van der Waals surface area contributed by atoms with Crippen LogP contribution in [-0.2, 0) is 14.6 Å². The SMILES string of the molecule is CC(C)OC(=O)N1CCC(c2cnc([C@H]3CCN(c4ccc(S(C)(=O)=O)cc4F)C3)o2)CC1. The number of rotatable bonds is 5. The number of oxazole rings is 1. The highest BCUT2D eigenvalue weighted by Crippen LogP contribution is 2.35. The van der Waals surface area contributed by atoms with Crippen LogP contribution in [0.25, 0.3) is 0 Å². The Morgan fingerprint density at radius 2 is 1.88 bits per heavy atom. The van der Waals surface area contributed by atoms with Gasteiger partial charge in [0.15, 0.2) is 15.7 Å². The van der Waals surface area contributed by atoms with Gasteiger partial charge in [0.2, 0.25) is 0 Å². The number of likely N-dealkylation sites (tertiary alicyclic amines) is 1. The lowest BCUT2D eigenvalue weighted by atomic mass is 9.95. The third kappa shape index (κ3) is 5.31. The normalized spacial score (nSPS) is 20.0. The first-order valence-electron chi connectivity index (χ1n) is 11.3. The van der Waals surface area contributed by atoms with Crippen LogP contribution in [0.5, 0.6) is 0 Å². The number of nitrogens with zero attached hydrogens (tertiary/aromatic N) is 3. The first-order valence-corrected chi connectivity index (χ1v) is 13.2. The fourth-order valence-corrected chi connectivity index (χ4v) is 5.09. The van der Waals surface area contributed by atoms with Crippen molar-refractivity contribution in [2.45, 2.75) is 55.9 Å². The van der Waals surface area contributed by atoms with Crippen LogP contribution in [0, 0.1) is 5.82 Å². The van der Waals surface area contributed by atoms with E-state index in [1.807, 2.05) is 18.7 Å². The molecule has 180 valence electrons. The van der Waals surface area contributed by atoms with Crippen LogP contribution in [0.3, 0.4) is 0 Å². The lowest BCUT2D eigenvalue weighted by Crippen LogP contribution is -2.39. The molecular weight excluding hydrogens is 449 g/mol. The summed E-state index contributed by atoms with van der Waals surface area (Å²) in [5.74, 6) is 1.16. The molecule has 2 fully saturated rings. The number of carbonyl (C=O) groups is 1. The van der Waals surface area contributed by atoms with Crippen molar-refractivity contribution in [2.75, 3.05) is 37.3 Å². The molecule has 0 spiro atoms. The molecular formula is C23H30FN3O5S. The maximum atomic E-state index is 14.6. The molecule has 1 atom stereocenters. The molecule has 3 heterocycles. The summed E-state index contributed by atoms with van der Waals surface area (Å²) in [6.45, 7) is 6.09. The number of piperidine rings is 1. The van der Waals surface area contributed by atoms with Crippen molar-refractivity contribution < 1.29 is 26.8 Å². The number of ether oxygens (including phenoxy) is 1. The minimum absolute atomic E-state index is 0.0274. The summed E-state index contributed by atoms with van der Waals surface area (Å²) in [6, 6.07) is 4.03. The second-order valence-electron chi connectivity index (χ2n) is 9.11. The number of aromatic nitrogens is 1. The molecule has 2 aliphatic heterocycles. The van der Waals surface area contributed by atoms with Gasteiger partial charge in [-0.3, -0.25) is 0 Å². The molecule has 0 radical (unpaired) electrons. The van der Waals surface area contributed by atoms with Crippen LogP contribution in [0.15, 0.2) is 33.7 Å². The molecule has 1 aromatic carbocycles. The maximum Gasteiger partial charge on any atom is 0.410 e. The summed E-state index contributed by atoms with van der Waals surface area (Å²) in [5, 5.41) is 0. The Labute approximate surface area is 193 Å². The van der Waals surface area contributed by atoms with Crippen molar-refractivity contribution in [2.24, 2.45) is 0 Å². The highest BCUT2D eigenvalue weighted by Gasteiger charge is 2.32. The number of benzene rings is 1. The molecule has 2 aromatic rings. The van der Waals surface area contributed by atoms with Gasteiger partial charge in [-0.15, -0.1) is 0 Å². The monoisotopic (exact) mass is 479 g/mol. The molecule has 4 rings (SSSR count). The van der Waals surface area contributed by atoms with E-state index in [4.69, 9.17) is 9.15 Å². The van der Waals surface area contributed by atoms with E-state index in [1.165, 1.54) is 12.1 Å². The Balaban J connectivity index is 1.36. The Bertz CT molecular complexity index is 1110. The summed E-state index contributed by atoms with van der Waals surface area (Å²) in [4.78, 5) is 20.2. The Kier molecular flexibility index (Phi) is 6.65. The van der Waals surface area contributed by atoms with Gasteiger partial charge in [0, 0.05) is 38.4 Å². The largest absolute Gasteiger partial charge is 0.447 e. The summed E-state index contributed by atoms with van der Waals surface area (Å²) in [7, 11) is -3.45. The zero-order valence-corrected chi connectivity index (χ0v) is 20.0. The summed E-state index contributed by atoms with van der Waals surface area (Å²) >= 11 is 0. The van der Waals surface area contributed by atoms with Crippen LogP contribution in [0.1, 0.15) is 56.6 Å². The quantitative estimate of drug-likeness (QED) is 0.641. The summed E-state index contributed by atoms with van der Waals surface area (Å²) in [6.07, 6.45) is 4.77. The van der Waals surface area contributed by atoms with E-state index in [0.29, 0.717) is 37.8 Å². The number of halogens is 1. The second-order valence-corrected chi connectivity index (χ2v) is 11.1. The first-order chi connectivity index (χ1) is 15.6. The highest BCUT2D eigenvalue weighted by atomic mass is 32.2. The smallest absolute Gasteiger partial charge is 0.410 e. The highest BCUT2D eigenvalue weighted by molar-refractivity contribution is 7.90. The molecule has 2 saturated heterocycles. The van der Waals surface area contributed by atoms with Crippen molar-refractivity contribution in [3.63, 3.8) is 0 Å². The first kappa shape index (κ1) is 23.5. The molecule has 10 heteroatoms. The van der Waals surface area contributed by atoms with Crippen molar-refractivity contribution in [1.82, 2.24) is 9.88 Å². The van der Waals surface area contributed by atoms with E-state index >= 15 is 0 Å². The molecule has 2 aliphatic rings. The Morgan fingerprint density at radius 3 is 2.52 bits per heavy atom. The molecule has 1 aromatic heterocycles. The minimum Gasteiger partial charge on any atom is -0.447 e. The van der Waals surface area contributed by atoms with Crippen LogP contribution < -0.4 is 4.90 Å². The van der Waals surface area contributed by atoms with Gasteiger partial charge in [0.05, 0.1) is 28.8 Å². The molecule has 0 aliphatic carbocycles. The number of sulfone groups is 1. The van der Waals surface area contributed by atoms with Gasteiger partial charge < -0.3 is 19.0 Å². The van der Waals surface area contributed by atoms with Crippen LogP contribution in [0.4, 0.5) is 14.9 Å². The van der Waals surface area contributed by atoms with E-state index in [9.17, 15) is 17.6 Å². The lowest BCUT2D eigenvalue weighted by molar-refractivity contribution is 0.0682. The van der Waals surface area contributed by atoms with Gasteiger partial charge in [-0.05, 0) is 51.3 Å². The molecule has 0 N–H and O–H groups in total.